The number of thiocarbonyl (C=S) groups is 1. The van der Waals surface area contributed by atoms with Gasteiger partial charge in [0, 0.05) is 24.2 Å². The van der Waals surface area contributed by atoms with Crippen LogP contribution < -0.4 is 10.2 Å². The summed E-state index contributed by atoms with van der Waals surface area (Å²) in [6.07, 6.45) is 0.160. The van der Waals surface area contributed by atoms with Gasteiger partial charge in [-0.05, 0) is 37.5 Å². The van der Waals surface area contributed by atoms with Crippen LogP contribution in [-0.4, -0.2) is 51.1 Å². The number of nitrogens with zero attached hydrogens (tertiary/aromatic N) is 2. The Hall–Kier alpha value is -3.50. The standard InChI is InChI=1S/C25H23N3O5S2/c1-14-7-5-8-15(2)21(14)26-18(29)13-28-17-10-4-3-9-16(17)20(23(28)32)22-24(33)27(25(34)35-22)12-6-11-19(30)31/h3-5,7-10H,6,11-13H2,1-2H3,(H,26,29)(H,30,31)/b22-20-. The number of carboxylic acids is 1. The van der Waals surface area contributed by atoms with Crippen LogP contribution in [0, 0.1) is 13.8 Å². The maximum atomic E-state index is 13.5. The largest absolute Gasteiger partial charge is 0.481 e. The van der Waals surface area contributed by atoms with Crippen molar-refractivity contribution in [2.75, 3.05) is 23.3 Å². The van der Waals surface area contributed by atoms with Gasteiger partial charge in [-0.25, -0.2) is 0 Å². The number of rotatable bonds is 7. The van der Waals surface area contributed by atoms with Crippen molar-refractivity contribution < 1.29 is 24.3 Å². The van der Waals surface area contributed by atoms with E-state index in [2.05, 4.69) is 5.32 Å². The molecule has 8 nitrogen and oxygen atoms in total. The molecule has 0 saturated carbocycles. The molecule has 10 heteroatoms. The number of aliphatic carboxylic acids is 1. The van der Waals surface area contributed by atoms with Gasteiger partial charge in [-0.2, -0.15) is 0 Å². The number of hydrogen-bond donors (Lipinski definition) is 2. The van der Waals surface area contributed by atoms with E-state index in [1.54, 1.807) is 24.3 Å². The first-order chi connectivity index (χ1) is 16.7. The number of carbonyl (C=O) groups is 4. The predicted octanol–water partition coefficient (Wildman–Crippen LogP) is 3.72. The molecule has 1 fully saturated rings. The Morgan fingerprint density at radius 2 is 1.69 bits per heavy atom. The van der Waals surface area contributed by atoms with Gasteiger partial charge in [-0.3, -0.25) is 29.0 Å². The Labute approximate surface area is 212 Å². The fourth-order valence-corrected chi connectivity index (χ4v) is 5.50. The molecular formula is C25H23N3O5S2. The zero-order valence-corrected chi connectivity index (χ0v) is 20.8. The van der Waals surface area contributed by atoms with E-state index in [9.17, 15) is 19.2 Å². The van der Waals surface area contributed by atoms with Crippen molar-refractivity contribution in [3.63, 3.8) is 0 Å². The molecule has 0 radical (unpaired) electrons. The lowest BCUT2D eigenvalue weighted by Crippen LogP contribution is -2.36. The number of fused-ring (bicyclic) bond motifs is 1. The van der Waals surface area contributed by atoms with Gasteiger partial charge in [-0.15, -0.1) is 0 Å². The lowest BCUT2D eigenvalue weighted by molar-refractivity contribution is -0.137. The van der Waals surface area contributed by atoms with E-state index in [1.165, 1.54) is 9.80 Å². The molecule has 0 aliphatic carbocycles. The van der Waals surface area contributed by atoms with Crippen molar-refractivity contribution in [3.8, 4) is 0 Å². The van der Waals surface area contributed by atoms with Gasteiger partial charge in [0.15, 0.2) is 0 Å². The quantitative estimate of drug-likeness (QED) is 0.433. The van der Waals surface area contributed by atoms with Crippen LogP contribution in [0.1, 0.15) is 29.5 Å². The maximum Gasteiger partial charge on any atom is 0.303 e. The number of aryl methyl sites for hydroxylation is 2. The van der Waals surface area contributed by atoms with Crippen molar-refractivity contribution in [2.24, 2.45) is 0 Å². The maximum absolute atomic E-state index is 13.5. The van der Waals surface area contributed by atoms with Gasteiger partial charge >= 0.3 is 5.97 Å². The highest BCUT2D eigenvalue weighted by molar-refractivity contribution is 8.26. The van der Waals surface area contributed by atoms with Crippen molar-refractivity contribution in [3.05, 3.63) is 64.1 Å². The number of hydrogen-bond acceptors (Lipinski definition) is 6. The average Bonchev–Trinajstić information content (AvgIpc) is 3.23. The highest BCUT2D eigenvalue weighted by Crippen LogP contribution is 2.44. The van der Waals surface area contributed by atoms with Gasteiger partial charge in [-0.1, -0.05) is 60.4 Å². The number of carbonyl (C=O) groups excluding carboxylic acids is 3. The molecule has 4 rings (SSSR count). The van der Waals surface area contributed by atoms with E-state index in [-0.39, 0.29) is 46.6 Å². The first kappa shape index (κ1) is 24.6. The van der Waals surface area contributed by atoms with Crippen molar-refractivity contribution in [1.29, 1.82) is 0 Å². The number of nitrogens with one attached hydrogen (secondary N) is 1. The van der Waals surface area contributed by atoms with Crippen LogP contribution in [0.15, 0.2) is 47.4 Å². The highest BCUT2D eigenvalue weighted by Gasteiger charge is 2.42. The second-order valence-corrected chi connectivity index (χ2v) is 9.89. The lowest BCUT2D eigenvalue weighted by atomic mass is 10.1. The van der Waals surface area contributed by atoms with Gasteiger partial charge in [0.25, 0.3) is 11.8 Å². The van der Waals surface area contributed by atoms with E-state index >= 15 is 0 Å². The van der Waals surface area contributed by atoms with Crippen LogP contribution in [0.25, 0.3) is 5.57 Å². The van der Waals surface area contributed by atoms with Gasteiger partial charge < -0.3 is 10.4 Å². The minimum absolute atomic E-state index is 0.0893. The topological polar surface area (TPSA) is 107 Å². The molecule has 0 bridgehead atoms. The molecule has 3 amide bonds. The Kier molecular flexibility index (Phi) is 7.04. The van der Waals surface area contributed by atoms with Crippen LogP contribution in [0.3, 0.4) is 0 Å². The number of thioether (sulfide) groups is 1. The normalized spacial score (nSPS) is 17.3. The summed E-state index contributed by atoms with van der Waals surface area (Å²) in [6, 6.07) is 12.7. The van der Waals surface area contributed by atoms with E-state index < -0.39 is 17.8 Å². The van der Waals surface area contributed by atoms with Crippen molar-refractivity contribution >= 4 is 68.9 Å². The summed E-state index contributed by atoms with van der Waals surface area (Å²) < 4.78 is 0.277. The third-order valence-corrected chi connectivity index (χ3v) is 7.27. The summed E-state index contributed by atoms with van der Waals surface area (Å²) in [6.45, 7) is 3.74. The fourth-order valence-electron chi connectivity index (χ4n) is 4.12. The summed E-state index contributed by atoms with van der Waals surface area (Å²) in [5.74, 6) is -2.18. The number of anilines is 2. The molecule has 2 N–H and O–H groups in total. The minimum atomic E-state index is -0.955. The molecule has 2 heterocycles. The molecular weight excluding hydrogens is 486 g/mol. The van der Waals surface area contributed by atoms with Crippen LogP contribution >= 0.6 is 24.0 Å². The summed E-state index contributed by atoms with van der Waals surface area (Å²) >= 11 is 6.37. The summed E-state index contributed by atoms with van der Waals surface area (Å²) in [4.78, 5) is 53.3. The van der Waals surface area contributed by atoms with Crippen LogP contribution in [0.4, 0.5) is 11.4 Å². The first-order valence-corrected chi connectivity index (χ1v) is 12.2. The van der Waals surface area contributed by atoms with Crippen molar-refractivity contribution in [1.82, 2.24) is 4.90 Å². The Balaban J connectivity index is 1.61. The zero-order chi connectivity index (χ0) is 25.3. The molecule has 0 spiro atoms. The monoisotopic (exact) mass is 509 g/mol. The zero-order valence-electron chi connectivity index (χ0n) is 19.2. The van der Waals surface area contributed by atoms with Crippen LogP contribution in [0.2, 0.25) is 0 Å². The molecule has 2 aromatic rings. The Morgan fingerprint density at radius 1 is 1.00 bits per heavy atom. The third-order valence-electron chi connectivity index (χ3n) is 5.82. The molecule has 0 atom stereocenters. The Morgan fingerprint density at radius 3 is 2.37 bits per heavy atom. The average molecular weight is 510 g/mol. The van der Waals surface area contributed by atoms with Gasteiger partial charge in [0.1, 0.15) is 10.9 Å². The fraction of sp³-hybridized carbons (Fsp3) is 0.240. The smallest absolute Gasteiger partial charge is 0.303 e. The number of amides is 3. The minimum Gasteiger partial charge on any atom is -0.481 e. The van der Waals surface area contributed by atoms with E-state index in [1.807, 2.05) is 32.0 Å². The van der Waals surface area contributed by atoms with Crippen LogP contribution in [-0.2, 0) is 19.2 Å². The molecule has 2 aliphatic heterocycles. The first-order valence-electron chi connectivity index (χ1n) is 11.0. The van der Waals surface area contributed by atoms with Gasteiger partial charge in [0.2, 0.25) is 5.91 Å². The second-order valence-electron chi connectivity index (χ2n) is 8.25. The number of benzene rings is 2. The molecule has 0 unspecified atom stereocenters. The molecule has 2 aromatic carbocycles. The summed E-state index contributed by atoms with van der Waals surface area (Å²) in [7, 11) is 0. The second kappa shape index (κ2) is 10.0. The molecule has 180 valence electrons. The highest BCUT2D eigenvalue weighted by atomic mass is 32.2. The number of carboxylic acid groups (broad SMARTS) is 1. The predicted molar refractivity (Wildman–Crippen MR) is 139 cm³/mol. The lowest BCUT2D eigenvalue weighted by Gasteiger charge is -2.18. The van der Waals surface area contributed by atoms with Gasteiger partial charge in [0.05, 0.1) is 16.2 Å². The SMILES string of the molecule is Cc1cccc(C)c1NC(=O)CN1C(=O)/C(=C2\SC(=S)N(CCCC(=O)O)C2=O)c2ccccc21. The summed E-state index contributed by atoms with van der Waals surface area (Å²) in [5, 5.41) is 11.8. The third kappa shape index (κ3) is 4.85. The molecule has 35 heavy (non-hydrogen) atoms. The summed E-state index contributed by atoms with van der Waals surface area (Å²) in [5.41, 5.74) is 3.85. The Bertz CT molecular complexity index is 1280. The molecule has 0 aromatic heterocycles. The van der Waals surface area contributed by atoms with E-state index in [0.717, 1.165) is 22.9 Å². The van der Waals surface area contributed by atoms with E-state index in [0.29, 0.717) is 16.9 Å². The van der Waals surface area contributed by atoms with Crippen molar-refractivity contribution in [2.45, 2.75) is 26.7 Å². The molecule has 2 aliphatic rings. The number of para-hydroxylation sites is 2. The van der Waals surface area contributed by atoms with E-state index in [4.69, 9.17) is 17.3 Å². The van der Waals surface area contributed by atoms with Crippen LogP contribution in [0.5, 0.6) is 0 Å². The molecule has 1 saturated heterocycles.